The van der Waals surface area contributed by atoms with E-state index in [9.17, 15) is 13.2 Å². The van der Waals surface area contributed by atoms with Gasteiger partial charge in [0.05, 0.1) is 0 Å². The lowest BCUT2D eigenvalue weighted by molar-refractivity contribution is 0.265. The number of carbonyl (C=O) groups is 1. The van der Waals surface area contributed by atoms with Gasteiger partial charge in [-0.05, 0) is 0 Å². The summed E-state index contributed by atoms with van der Waals surface area (Å²) in [4.78, 5) is 9.52. The zero-order chi connectivity index (χ0) is 6.08. The second-order valence-electron chi connectivity index (χ2n) is 0.757. The number of nitrogens with two attached hydrogens (primary N) is 1. The molecule has 0 radical (unpaired) electrons. The van der Waals surface area contributed by atoms with Crippen LogP contribution in [0.15, 0.2) is 0 Å². The van der Waals surface area contributed by atoms with E-state index in [1.807, 2.05) is 0 Å². The Kier molecular flexibility index (Phi) is 1.60. The fourth-order valence-corrected chi connectivity index (χ4v) is 0. The lowest BCUT2D eigenvalue weighted by atomic mass is 11.5. The van der Waals surface area contributed by atoms with Crippen molar-refractivity contribution in [3.05, 3.63) is 0 Å². The van der Waals surface area contributed by atoms with Crippen LogP contribution in [-0.4, -0.2) is 13.7 Å². The summed E-state index contributed by atoms with van der Waals surface area (Å²) < 4.78 is 19.2. The Morgan fingerprint density at radius 2 is 1.71 bits per heavy atom. The number of halogens is 1. The largest absolute Gasteiger partial charge is 0.355 e. The van der Waals surface area contributed by atoms with Crippen molar-refractivity contribution in [1.82, 2.24) is 0 Å². The van der Waals surface area contributed by atoms with Crippen molar-refractivity contribution < 1.29 is 13.2 Å². The van der Waals surface area contributed by atoms with E-state index in [-0.39, 0.29) is 0 Å². The molecular weight excluding hydrogens is 142 g/mol. The molecule has 0 aliphatic carbocycles. The molecule has 0 aliphatic rings. The summed E-state index contributed by atoms with van der Waals surface area (Å²) in [6.07, 6.45) is 0. The Balaban J connectivity index is 4.43. The van der Waals surface area contributed by atoms with Gasteiger partial charge >= 0.3 is 14.3 Å². The second kappa shape index (κ2) is 1.67. The van der Waals surface area contributed by atoms with E-state index < -0.39 is 14.3 Å². The van der Waals surface area contributed by atoms with Gasteiger partial charge in [0.1, 0.15) is 0 Å². The van der Waals surface area contributed by atoms with Crippen LogP contribution >= 0.6 is 10.7 Å². The van der Waals surface area contributed by atoms with Crippen molar-refractivity contribution >= 4 is 25.0 Å². The van der Waals surface area contributed by atoms with Crippen molar-refractivity contribution in [2.24, 2.45) is 5.73 Å². The van der Waals surface area contributed by atoms with Gasteiger partial charge in [-0.25, -0.2) is 8.42 Å². The van der Waals surface area contributed by atoms with E-state index in [1.54, 1.807) is 0 Å². The highest BCUT2D eigenvalue weighted by Crippen LogP contribution is 1.92. The quantitative estimate of drug-likeness (QED) is 0.470. The first kappa shape index (κ1) is 6.71. The summed E-state index contributed by atoms with van der Waals surface area (Å²) in [6, 6.07) is 0. The van der Waals surface area contributed by atoms with Crippen molar-refractivity contribution in [3.63, 3.8) is 0 Å². The molecule has 1 amide bonds. The minimum absolute atomic E-state index is 1.52. The summed E-state index contributed by atoms with van der Waals surface area (Å²) in [6.45, 7) is 0. The smallest absolute Gasteiger partial charge is 0.349 e. The lowest BCUT2D eigenvalue weighted by Gasteiger charge is -1.78. The Hall–Kier alpha value is -0.290. The predicted octanol–water partition coefficient (Wildman–Crippen LogP) is -0.366. The highest BCUT2D eigenvalue weighted by Gasteiger charge is 2.11. The van der Waals surface area contributed by atoms with Gasteiger partial charge in [-0.2, -0.15) is 0 Å². The molecule has 0 spiro atoms. The van der Waals surface area contributed by atoms with Crippen LogP contribution in [0.2, 0.25) is 0 Å². The van der Waals surface area contributed by atoms with Crippen LogP contribution in [0.4, 0.5) is 4.79 Å². The van der Waals surface area contributed by atoms with E-state index in [0.29, 0.717) is 0 Å². The maximum Gasteiger partial charge on any atom is 0.349 e. The molecule has 0 saturated heterocycles. The molecule has 42 valence electrons. The zero-order valence-corrected chi connectivity index (χ0v) is 4.66. The maximum absolute atomic E-state index is 9.62. The van der Waals surface area contributed by atoms with Crippen LogP contribution in [0.1, 0.15) is 0 Å². The molecule has 6 heteroatoms. The molecule has 0 unspecified atom stereocenters. The van der Waals surface area contributed by atoms with Gasteiger partial charge in [-0.15, -0.1) is 0 Å². The number of amides is 1. The molecule has 0 heterocycles. The second-order valence-corrected chi connectivity index (χ2v) is 3.25. The molecule has 0 saturated carbocycles. The fraction of sp³-hybridized carbons (Fsp3) is 0. The molecule has 0 rings (SSSR count). The third-order valence-electron chi connectivity index (χ3n) is 0.240. The topological polar surface area (TPSA) is 77.2 Å². The van der Waals surface area contributed by atoms with Gasteiger partial charge in [0.25, 0.3) is 0 Å². The van der Waals surface area contributed by atoms with Crippen molar-refractivity contribution in [3.8, 4) is 0 Å². The number of rotatable bonds is 0. The van der Waals surface area contributed by atoms with Gasteiger partial charge in [-0.1, -0.05) is 0 Å². The van der Waals surface area contributed by atoms with Gasteiger partial charge in [-0.3, -0.25) is 4.79 Å². The van der Waals surface area contributed by atoms with Crippen LogP contribution in [0, 0.1) is 0 Å². The molecule has 7 heavy (non-hydrogen) atoms. The van der Waals surface area contributed by atoms with Gasteiger partial charge in [0, 0.05) is 10.7 Å². The third kappa shape index (κ3) is 2.41. The first-order chi connectivity index (χ1) is 2.94. The minimum Gasteiger partial charge on any atom is -0.355 e. The number of carbonyl (C=O) groups excluding carboxylic acids is 1. The van der Waals surface area contributed by atoms with Gasteiger partial charge in [0.15, 0.2) is 0 Å². The van der Waals surface area contributed by atoms with Crippen molar-refractivity contribution in [2.45, 2.75) is 0 Å². The third-order valence-corrected chi connectivity index (χ3v) is 1.18. The van der Waals surface area contributed by atoms with E-state index in [4.69, 9.17) is 0 Å². The van der Waals surface area contributed by atoms with Crippen molar-refractivity contribution in [2.75, 3.05) is 0 Å². The number of hydrogen-bond acceptors (Lipinski definition) is 3. The summed E-state index contributed by atoms with van der Waals surface area (Å²) in [5, 5.41) is -1.52. The molecule has 0 atom stereocenters. The summed E-state index contributed by atoms with van der Waals surface area (Å²) in [5.74, 6) is 0. The highest BCUT2D eigenvalue weighted by atomic mass is 35.7. The number of hydrogen-bond donors (Lipinski definition) is 1. The van der Waals surface area contributed by atoms with Crippen molar-refractivity contribution in [1.29, 1.82) is 0 Å². The molecule has 2 N–H and O–H groups in total. The Morgan fingerprint density at radius 3 is 1.71 bits per heavy atom. The van der Waals surface area contributed by atoms with Gasteiger partial charge in [0.2, 0.25) is 0 Å². The summed E-state index contributed by atoms with van der Waals surface area (Å²) >= 11 is 0. The lowest BCUT2D eigenvalue weighted by Crippen LogP contribution is -2.15. The summed E-state index contributed by atoms with van der Waals surface area (Å²) in [7, 11) is 0.236. The van der Waals surface area contributed by atoms with E-state index >= 15 is 0 Å². The average molecular weight is 144 g/mol. The SMILES string of the molecule is NC(=O)S(=O)(=O)Cl. The first-order valence-corrected chi connectivity index (χ1v) is 3.49. The van der Waals surface area contributed by atoms with Crippen LogP contribution in [0.5, 0.6) is 0 Å². The maximum atomic E-state index is 9.62. The minimum atomic E-state index is -4.13. The summed E-state index contributed by atoms with van der Waals surface area (Å²) in [5.41, 5.74) is 4.21. The Labute approximate surface area is 44.7 Å². The molecule has 0 aromatic rings. The standard InChI is InChI=1S/CH2ClNO3S/c2-7(5,6)1(3)4/h(H2,3,4). The highest BCUT2D eigenvalue weighted by molar-refractivity contribution is 8.25. The molecule has 0 fully saturated rings. The van der Waals surface area contributed by atoms with Gasteiger partial charge < -0.3 is 5.73 Å². The molecule has 0 aromatic heterocycles. The Morgan fingerprint density at radius 1 is 1.57 bits per heavy atom. The van der Waals surface area contributed by atoms with Crippen LogP contribution in [0.3, 0.4) is 0 Å². The molecule has 0 aliphatic heterocycles. The van der Waals surface area contributed by atoms with E-state index in [2.05, 4.69) is 16.4 Å². The molecule has 0 bridgehead atoms. The Bertz CT molecular complexity index is 169. The predicted molar refractivity (Wildman–Crippen MR) is 24.4 cm³/mol. The van der Waals surface area contributed by atoms with E-state index in [1.165, 1.54) is 0 Å². The van der Waals surface area contributed by atoms with Crippen LogP contribution in [0.25, 0.3) is 0 Å². The normalized spacial score (nSPS) is 11.0. The average Bonchev–Trinajstić information content (AvgIpc) is 1.31. The number of primary amides is 1. The van der Waals surface area contributed by atoms with Crippen LogP contribution < -0.4 is 5.73 Å². The zero-order valence-electron chi connectivity index (χ0n) is 3.09. The molecule has 0 aromatic carbocycles. The molecular formula is CH2ClNO3S. The van der Waals surface area contributed by atoms with Crippen LogP contribution in [-0.2, 0) is 9.05 Å². The monoisotopic (exact) mass is 143 g/mol. The van der Waals surface area contributed by atoms with E-state index in [0.717, 1.165) is 0 Å². The molecule has 4 nitrogen and oxygen atoms in total. The first-order valence-electron chi connectivity index (χ1n) is 1.18. The fourth-order valence-electron chi connectivity index (χ4n) is 0.